The molecule has 0 aliphatic carbocycles. The Labute approximate surface area is 161 Å². The van der Waals surface area contributed by atoms with Crippen LogP contribution in [0.25, 0.3) is 0 Å². The molecule has 0 bridgehead atoms. The summed E-state index contributed by atoms with van der Waals surface area (Å²) >= 11 is 0. The molecule has 0 aromatic heterocycles. The van der Waals surface area contributed by atoms with E-state index in [0.717, 1.165) is 23.4 Å². The van der Waals surface area contributed by atoms with Crippen LogP contribution in [0.3, 0.4) is 0 Å². The summed E-state index contributed by atoms with van der Waals surface area (Å²) in [5.41, 5.74) is 3.75. The molecule has 0 heterocycles. The first-order chi connectivity index (χ1) is 13.2. The van der Waals surface area contributed by atoms with Crippen LogP contribution in [-0.2, 0) is 6.61 Å². The Hall–Kier alpha value is -3.07. The molecule has 3 aromatic carbocycles. The molecule has 0 aliphatic heterocycles. The summed E-state index contributed by atoms with van der Waals surface area (Å²) in [5, 5.41) is 2.95. The van der Waals surface area contributed by atoms with Crippen LogP contribution in [0.1, 0.15) is 47.7 Å². The standard InChI is InChI=1S/C24H25NO2/c1-3-18(2)20-13-15-22(16-14-20)25-24(26)21-11-9-19(10-12-21)17-27-23-7-5-4-6-8-23/h4-16,18H,3,17H2,1-2H3,(H,25,26)/t18-/m0/s1. The first kappa shape index (κ1) is 18.7. The lowest BCUT2D eigenvalue weighted by atomic mass is 9.98. The molecule has 3 heteroatoms. The van der Waals surface area contributed by atoms with Crippen molar-refractivity contribution in [3.05, 3.63) is 95.6 Å². The fourth-order valence-corrected chi connectivity index (χ4v) is 2.77. The molecule has 1 N–H and O–H groups in total. The maximum atomic E-state index is 12.4. The molecule has 3 rings (SSSR count). The number of para-hydroxylation sites is 1. The van der Waals surface area contributed by atoms with E-state index in [2.05, 4.69) is 31.3 Å². The van der Waals surface area contributed by atoms with Gasteiger partial charge in [0.2, 0.25) is 0 Å². The van der Waals surface area contributed by atoms with E-state index in [-0.39, 0.29) is 5.91 Å². The molecule has 0 saturated heterocycles. The minimum atomic E-state index is -0.109. The third-order valence-electron chi connectivity index (χ3n) is 4.71. The molecule has 0 spiro atoms. The van der Waals surface area contributed by atoms with Crippen LogP contribution >= 0.6 is 0 Å². The summed E-state index contributed by atoms with van der Waals surface area (Å²) < 4.78 is 5.73. The number of carbonyl (C=O) groups excluding carboxylic acids is 1. The first-order valence-electron chi connectivity index (χ1n) is 9.34. The van der Waals surface area contributed by atoms with Crippen molar-refractivity contribution in [3.63, 3.8) is 0 Å². The van der Waals surface area contributed by atoms with Gasteiger partial charge in [-0.3, -0.25) is 4.79 Å². The van der Waals surface area contributed by atoms with Gasteiger partial charge in [-0.15, -0.1) is 0 Å². The molecule has 27 heavy (non-hydrogen) atoms. The van der Waals surface area contributed by atoms with Crippen LogP contribution in [0.15, 0.2) is 78.9 Å². The number of amides is 1. The Morgan fingerprint density at radius 2 is 1.59 bits per heavy atom. The molecule has 3 aromatic rings. The molecule has 138 valence electrons. The summed E-state index contributed by atoms with van der Waals surface area (Å²) in [6.07, 6.45) is 1.10. The third kappa shape index (κ3) is 5.20. The van der Waals surface area contributed by atoms with E-state index in [1.165, 1.54) is 5.56 Å². The van der Waals surface area contributed by atoms with Gasteiger partial charge in [0.05, 0.1) is 0 Å². The zero-order valence-corrected chi connectivity index (χ0v) is 15.8. The number of ether oxygens (including phenoxy) is 1. The lowest BCUT2D eigenvalue weighted by Gasteiger charge is -2.11. The second-order valence-electron chi connectivity index (χ2n) is 6.68. The topological polar surface area (TPSA) is 38.3 Å². The van der Waals surface area contributed by atoms with Crippen LogP contribution in [0.2, 0.25) is 0 Å². The molecule has 0 aliphatic rings. The predicted molar refractivity (Wildman–Crippen MR) is 110 cm³/mol. The lowest BCUT2D eigenvalue weighted by molar-refractivity contribution is 0.102. The molecule has 0 fully saturated rings. The summed E-state index contributed by atoms with van der Waals surface area (Å²) in [7, 11) is 0. The number of anilines is 1. The molecule has 3 nitrogen and oxygen atoms in total. The Morgan fingerprint density at radius 3 is 2.22 bits per heavy atom. The maximum absolute atomic E-state index is 12.4. The minimum absolute atomic E-state index is 0.109. The van der Waals surface area contributed by atoms with Crippen LogP contribution in [0.4, 0.5) is 5.69 Å². The van der Waals surface area contributed by atoms with Crippen molar-refractivity contribution in [1.82, 2.24) is 0 Å². The average molecular weight is 359 g/mol. The van der Waals surface area contributed by atoms with Gasteiger partial charge >= 0.3 is 0 Å². The Morgan fingerprint density at radius 1 is 0.926 bits per heavy atom. The van der Waals surface area contributed by atoms with Crippen LogP contribution in [-0.4, -0.2) is 5.91 Å². The predicted octanol–water partition coefficient (Wildman–Crippen LogP) is 6.03. The first-order valence-corrected chi connectivity index (χ1v) is 9.34. The van der Waals surface area contributed by atoms with Gasteiger partial charge in [0.1, 0.15) is 12.4 Å². The molecule has 0 radical (unpaired) electrons. The second-order valence-corrected chi connectivity index (χ2v) is 6.68. The highest BCUT2D eigenvalue weighted by molar-refractivity contribution is 6.04. The highest BCUT2D eigenvalue weighted by Gasteiger charge is 2.08. The second kappa shape index (κ2) is 9.04. The SMILES string of the molecule is CC[C@H](C)c1ccc(NC(=O)c2ccc(COc3ccccc3)cc2)cc1. The lowest BCUT2D eigenvalue weighted by Crippen LogP contribution is -2.12. The number of hydrogen-bond acceptors (Lipinski definition) is 2. The zero-order valence-electron chi connectivity index (χ0n) is 15.8. The zero-order chi connectivity index (χ0) is 19.1. The van der Waals surface area contributed by atoms with Gasteiger partial charge in [0, 0.05) is 11.3 Å². The molecular weight excluding hydrogens is 334 g/mol. The molecule has 1 amide bonds. The van der Waals surface area contributed by atoms with E-state index >= 15 is 0 Å². The van der Waals surface area contributed by atoms with Crippen molar-refractivity contribution in [3.8, 4) is 5.75 Å². The van der Waals surface area contributed by atoms with E-state index in [1.54, 1.807) is 0 Å². The summed E-state index contributed by atoms with van der Waals surface area (Å²) in [4.78, 5) is 12.4. The van der Waals surface area contributed by atoms with E-state index in [4.69, 9.17) is 4.74 Å². The van der Waals surface area contributed by atoms with Crippen LogP contribution < -0.4 is 10.1 Å². The molecule has 1 atom stereocenters. The van der Waals surface area contributed by atoms with E-state index in [0.29, 0.717) is 18.1 Å². The van der Waals surface area contributed by atoms with Gasteiger partial charge in [-0.2, -0.15) is 0 Å². The maximum Gasteiger partial charge on any atom is 0.255 e. The van der Waals surface area contributed by atoms with E-state index in [1.807, 2.05) is 66.7 Å². The number of hydrogen-bond donors (Lipinski definition) is 1. The van der Waals surface area contributed by atoms with Crippen molar-refractivity contribution < 1.29 is 9.53 Å². The summed E-state index contributed by atoms with van der Waals surface area (Å²) in [6, 6.07) is 25.3. The van der Waals surface area contributed by atoms with Gasteiger partial charge < -0.3 is 10.1 Å². The third-order valence-corrected chi connectivity index (χ3v) is 4.71. The summed E-state index contributed by atoms with van der Waals surface area (Å²) in [5.74, 6) is 1.25. The smallest absolute Gasteiger partial charge is 0.255 e. The Bertz CT molecular complexity index is 855. The molecular formula is C24H25NO2. The quantitative estimate of drug-likeness (QED) is 0.559. The van der Waals surface area contributed by atoms with Crippen molar-refractivity contribution in [1.29, 1.82) is 0 Å². The van der Waals surface area contributed by atoms with Crippen LogP contribution in [0, 0.1) is 0 Å². The minimum Gasteiger partial charge on any atom is -0.489 e. The average Bonchev–Trinajstić information content (AvgIpc) is 2.73. The van der Waals surface area contributed by atoms with Crippen molar-refractivity contribution in [2.75, 3.05) is 5.32 Å². The molecule has 0 saturated carbocycles. The highest BCUT2D eigenvalue weighted by Crippen LogP contribution is 2.21. The fourth-order valence-electron chi connectivity index (χ4n) is 2.77. The van der Waals surface area contributed by atoms with Gasteiger partial charge in [-0.25, -0.2) is 0 Å². The fraction of sp³-hybridized carbons (Fsp3) is 0.208. The molecule has 0 unspecified atom stereocenters. The number of carbonyl (C=O) groups is 1. The van der Waals surface area contributed by atoms with Gasteiger partial charge in [-0.1, -0.05) is 56.3 Å². The summed E-state index contributed by atoms with van der Waals surface area (Å²) in [6.45, 7) is 4.86. The Balaban J connectivity index is 1.57. The number of benzene rings is 3. The normalized spacial score (nSPS) is 11.6. The van der Waals surface area contributed by atoms with Gasteiger partial charge in [0.15, 0.2) is 0 Å². The van der Waals surface area contributed by atoms with Gasteiger partial charge in [-0.05, 0) is 59.9 Å². The van der Waals surface area contributed by atoms with Gasteiger partial charge in [0.25, 0.3) is 5.91 Å². The van der Waals surface area contributed by atoms with Crippen LogP contribution in [0.5, 0.6) is 5.75 Å². The van der Waals surface area contributed by atoms with E-state index in [9.17, 15) is 4.79 Å². The van der Waals surface area contributed by atoms with Crippen molar-refractivity contribution in [2.45, 2.75) is 32.8 Å². The van der Waals surface area contributed by atoms with Crippen molar-refractivity contribution in [2.24, 2.45) is 0 Å². The van der Waals surface area contributed by atoms with E-state index < -0.39 is 0 Å². The number of rotatable bonds is 7. The monoisotopic (exact) mass is 359 g/mol. The Kier molecular flexibility index (Phi) is 6.26. The van der Waals surface area contributed by atoms with Crippen molar-refractivity contribution >= 4 is 11.6 Å². The largest absolute Gasteiger partial charge is 0.489 e. The highest BCUT2D eigenvalue weighted by atomic mass is 16.5. The number of nitrogens with one attached hydrogen (secondary N) is 1.